The van der Waals surface area contributed by atoms with Gasteiger partial charge in [-0.25, -0.2) is 0 Å². The maximum atomic E-state index is 5.98. The van der Waals surface area contributed by atoms with Crippen LogP contribution in [0.3, 0.4) is 0 Å². The van der Waals surface area contributed by atoms with Crippen molar-refractivity contribution in [2.24, 2.45) is 11.7 Å². The van der Waals surface area contributed by atoms with Gasteiger partial charge < -0.3 is 15.8 Å². The first kappa shape index (κ1) is 12.9. The van der Waals surface area contributed by atoms with Crippen molar-refractivity contribution in [2.45, 2.75) is 57.7 Å². The van der Waals surface area contributed by atoms with Crippen LogP contribution in [0.5, 0.6) is 0 Å². The lowest BCUT2D eigenvalue weighted by Gasteiger charge is -2.32. The molecule has 0 heterocycles. The van der Waals surface area contributed by atoms with E-state index in [4.69, 9.17) is 10.5 Å². The first-order valence-electron chi connectivity index (χ1n) is 6.14. The number of nitrogens with two attached hydrogens (primary N) is 1. The van der Waals surface area contributed by atoms with Gasteiger partial charge in [0.2, 0.25) is 0 Å². The molecule has 90 valence electrons. The molecule has 0 spiro atoms. The first-order valence-corrected chi connectivity index (χ1v) is 6.14. The molecule has 3 nitrogen and oxygen atoms in total. The number of rotatable bonds is 5. The average Bonchev–Trinajstić information content (AvgIpc) is 2.17. The van der Waals surface area contributed by atoms with Gasteiger partial charge in [0.1, 0.15) is 0 Å². The Bertz CT molecular complexity index is 173. The fraction of sp³-hybridized carbons (Fsp3) is 1.00. The van der Waals surface area contributed by atoms with E-state index in [0.29, 0.717) is 24.0 Å². The Morgan fingerprint density at radius 1 is 1.40 bits per heavy atom. The van der Waals surface area contributed by atoms with E-state index in [1.165, 1.54) is 19.3 Å². The summed E-state index contributed by atoms with van der Waals surface area (Å²) in [6.07, 6.45) is 4.83. The molecule has 1 aliphatic carbocycles. The van der Waals surface area contributed by atoms with Gasteiger partial charge >= 0.3 is 0 Å². The predicted octanol–water partition coefficient (Wildman–Crippen LogP) is 1.52. The summed E-state index contributed by atoms with van der Waals surface area (Å²) in [4.78, 5) is 0. The molecule has 3 atom stereocenters. The molecule has 3 N–H and O–H groups in total. The van der Waals surface area contributed by atoms with Gasteiger partial charge in [-0.15, -0.1) is 0 Å². The molecular weight excluding hydrogens is 188 g/mol. The van der Waals surface area contributed by atoms with Crippen LogP contribution >= 0.6 is 0 Å². The lowest BCUT2D eigenvalue weighted by Crippen LogP contribution is -2.47. The lowest BCUT2D eigenvalue weighted by atomic mass is 9.90. The molecule has 0 aromatic heterocycles. The Kier molecular flexibility index (Phi) is 5.58. The Hall–Kier alpha value is -0.120. The third kappa shape index (κ3) is 4.49. The van der Waals surface area contributed by atoms with Crippen molar-refractivity contribution in [3.63, 3.8) is 0 Å². The van der Waals surface area contributed by atoms with E-state index in [1.54, 1.807) is 7.11 Å². The molecule has 15 heavy (non-hydrogen) atoms. The first-order chi connectivity index (χ1) is 7.13. The van der Waals surface area contributed by atoms with Crippen molar-refractivity contribution in [1.29, 1.82) is 0 Å². The molecule has 3 heteroatoms. The van der Waals surface area contributed by atoms with E-state index in [-0.39, 0.29) is 0 Å². The summed E-state index contributed by atoms with van der Waals surface area (Å²) in [7, 11) is 1.77. The fourth-order valence-electron chi connectivity index (χ4n) is 2.29. The average molecular weight is 214 g/mol. The van der Waals surface area contributed by atoms with E-state index in [1.807, 2.05) is 0 Å². The Morgan fingerprint density at radius 3 is 2.67 bits per heavy atom. The van der Waals surface area contributed by atoms with Crippen LogP contribution < -0.4 is 11.1 Å². The minimum atomic E-state index is 0.395. The topological polar surface area (TPSA) is 47.3 Å². The second-order valence-electron chi connectivity index (χ2n) is 5.10. The summed E-state index contributed by atoms with van der Waals surface area (Å²) in [5, 5.41) is 3.68. The zero-order chi connectivity index (χ0) is 11.3. The van der Waals surface area contributed by atoms with Gasteiger partial charge in [0, 0.05) is 25.2 Å². The van der Waals surface area contributed by atoms with E-state index < -0.39 is 0 Å². The van der Waals surface area contributed by atoms with E-state index in [2.05, 4.69) is 19.2 Å². The number of ether oxygens (including phenoxy) is 1. The van der Waals surface area contributed by atoms with Gasteiger partial charge in [0.05, 0.1) is 6.61 Å². The highest BCUT2D eigenvalue weighted by Gasteiger charge is 2.23. The summed E-state index contributed by atoms with van der Waals surface area (Å²) in [5.74, 6) is 0.614. The van der Waals surface area contributed by atoms with Gasteiger partial charge in [0.25, 0.3) is 0 Å². The summed E-state index contributed by atoms with van der Waals surface area (Å²) < 4.78 is 5.24. The molecule has 0 saturated heterocycles. The quantitative estimate of drug-likeness (QED) is 0.729. The number of nitrogens with one attached hydrogen (secondary N) is 1. The minimum absolute atomic E-state index is 0.395. The molecular formula is C12H26N2O. The monoisotopic (exact) mass is 214 g/mol. The van der Waals surface area contributed by atoms with Crippen LogP contribution in [0.2, 0.25) is 0 Å². The van der Waals surface area contributed by atoms with Crippen LogP contribution in [0.4, 0.5) is 0 Å². The third-order valence-electron chi connectivity index (χ3n) is 3.32. The smallest absolute Gasteiger partial charge is 0.0618 e. The molecule has 1 rings (SSSR count). The molecule has 0 aromatic carbocycles. The molecule has 0 aromatic rings. The number of methoxy groups -OCH3 is 1. The standard InChI is InChI=1S/C12H26N2O/c1-9(2)12(8-15-3)14-11-6-4-5-10(13)7-11/h9-12,14H,4-8,13H2,1-3H3. The maximum Gasteiger partial charge on any atom is 0.0618 e. The largest absolute Gasteiger partial charge is 0.383 e. The summed E-state index contributed by atoms with van der Waals surface area (Å²) >= 11 is 0. The van der Waals surface area contributed by atoms with Crippen molar-refractivity contribution in [3.8, 4) is 0 Å². The van der Waals surface area contributed by atoms with E-state index in [9.17, 15) is 0 Å². The van der Waals surface area contributed by atoms with Gasteiger partial charge in [-0.2, -0.15) is 0 Å². The second-order valence-corrected chi connectivity index (χ2v) is 5.10. The summed E-state index contributed by atoms with van der Waals surface area (Å²) in [5.41, 5.74) is 5.98. The van der Waals surface area contributed by atoms with Gasteiger partial charge in [0.15, 0.2) is 0 Å². The Balaban J connectivity index is 2.35. The molecule has 0 amide bonds. The highest BCUT2D eigenvalue weighted by atomic mass is 16.5. The van der Waals surface area contributed by atoms with E-state index in [0.717, 1.165) is 13.0 Å². The predicted molar refractivity (Wildman–Crippen MR) is 63.9 cm³/mol. The number of hydrogen-bond donors (Lipinski definition) is 2. The highest BCUT2D eigenvalue weighted by molar-refractivity contribution is 4.83. The molecule has 1 saturated carbocycles. The van der Waals surface area contributed by atoms with Crippen LogP contribution in [0.1, 0.15) is 39.5 Å². The molecule has 1 fully saturated rings. The minimum Gasteiger partial charge on any atom is -0.383 e. The normalized spacial score (nSPS) is 29.4. The van der Waals surface area contributed by atoms with Crippen LogP contribution in [0.15, 0.2) is 0 Å². The lowest BCUT2D eigenvalue weighted by molar-refractivity contribution is 0.134. The van der Waals surface area contributed by atoms with Crippen LogP contribution in [0.25, 0.3) is 0 Å². The number of hydrogen-bond acceptors (Lipinski definition) is 3. The van der Waals surface area contributed by atoms with Crippen LogP contribution in [-0.2, 0) is 4.74 Å². The third-order valence-corrected chi connectivity index (χ3v) is 3.32. The molecule has 3 unspecified atom stereocenters. The second kappa shape index (κ2) is 6.46. The SMILES string of the molecule is COCC(NC1CCCC(N)C1)C(C)C. The van der Waals surface area contributed by atoms with E-state index >= 15 is 0 Å². The molecule has 0 aliphatic heterocycles. The van der Waals surface area contributed by atoms with Crippen molar-refractivity contribution >= 4 is 0 Å². The molecule has 0 radical (unpaired) electrons. The summed E-state index contributed by atoms with van der Waals surface area (Å²) in [6.45, 7) is 5.27. The van der Waals surface area contributed by atoms with Crippen LogP contribution in [-0.4, -0.2) is 31.8 Å². The molecule has 1 aliphatic rings. The van der Waals surface area contributed by atoms with Crippen molar-refractivity contribution < 1.29 is 4.74 Å². The Morgan fingerprint density at radius 2 is 2.13 bits per heavy atom. The van der Waals surface area contributed by atoms with Gasteiger partial charge in [-0.3, -0.25) is 0 Å². The molecule has 0 bridgehead atoms. The zero-order valence-electron chi connectivity index (χ0n) is 10.3. The maximum absolute atomic E-state index is 5.98. The van der Waals surface area contributed by atoms with Crippen molar-refractivity contribution in [1.82, 2.24) is 5.32 Å². The fourth-order valence-corrected chi connectivity index (χ4v) is 2.29. The van der Waals surface area contributed by atoms with Gasteiger partial charge in [-0.1, -0.05) is 20.3 Å². The summed E-state index contributed by atoms with van der Waals surface area (Å²) in [6, 6.07) is 1.45. The van der Waals surface area contributed by atoms with Crippen molar-refractivity contribution in [2.75, 3.05) is 13.7 Å². The highest BCUT2D eigenvalue weighted by Crippen LogP contribution is 2.18. The van der Waals surface area contributed by atoms with Crippen LogP contribution in [0, 0.1) is 5.92 Å². The van der Waals surface area contributed by atoms with Crippen molar-refractivity contribution in [3.05, 3.63) is 0 Å². The van der Waals surface area contributed by atoms with Gasteiger partial charge in [-0.05, 0) is 25.2 Å². The zero-order valence-corrected chi connectivity index (χ0v) is 10.3. The Labute approximate surface area is 93.8 Å².